The Morgan fingerprint density at radius 2 is 1.02 bits per heavy atom. The molecule has 0 aliphatic rings. The zero-order valence-corrected chi connectivity index (χ0v) is 33.2. The number of nitrogens with zero attached hydrogens (tertiary/aromatic N) is 2. The predicted molar refractivity (Wildman–Crippen MR) is 257 cm³/mol. The molecule has 0 atom stereocenters. The van der Waals surface area contributed by atoms with Gasteiger partial charge in [-0.1, -0.05) is 170 Å². The molecule has 0 aliphatic carbocycles. The normalized spacial score (nSPS) is 11.6. The summed E-state index contributed by atoms with van der Waals surface area (Å²) < 4.78 is 9.07. The zero-order valence-electron chi connectivity index (χ0n) is 33.2. The van der Waals surface area contributed by atoms with Crippen molar-refractivity contribution in [2.75, 3.05) is 4.90 Å². The van der Waals surface area contributed by atoms with E-state index in [2.05, 4.69) is 240 Å². The van der Waals surface area contributed by atoms with Crippen LogP contribution in [0, 0.1) is 0 Å². The molecule has 2 heterocycles. The highest BCUT2D eigenvalue weighted by Crippen LogP contribution is 2.47. The summed E-state index contributed by atoms with van der Waals surface area (Å²) in [4.78, 5) is 2.42. The number of furan rings is 1. The van der Waals surface area contributed by atoms with Gasteiger partial charge in [-0.2, -0.15) is 0 Å². The third kappa shape index (κ3) is 5.74. The Morgan fingerprint density at radius 3 is 1.89 bits per heavy atom. The zero-order chi connectivity index (χ0) is 40.3. The average molecular weight is 779 g/mol. The van der Waals surface area contributed by atoms with Crippen LogP contribution in [0.5, 0.6) is 0 Å². The average Bonchev–Trinajstić information content (AvgIpc) is 3.89. The van der Waals surface area contributed by atoms with Crippen LogP contribution < -0.4 is 4.90 Å². The summed E-state index contributed by atoms with van der Waals surface area (Å²) in [5.41, 5.74) is 15.4. The Morgan fingerprint density at radius 1 is 0.377 bits per heavy atom. The van der Waals surface area contributed by atoms with E-state index in [0.29, 0.717) is 0 Å². The summed E-state index contributed by atoms with van der Waals surface area (Å²) in [6, 6.07) is 82.9. The second kappa shape index (κ2) is 14.3. The summed E-state index contributed by atoms with van der Waals surface area (Å²) in [7, 11) is 0. The molecule has 0 N–H and O–H groups in total. The fourth-order valence-corrected chi connectivity index (χ4v) is 9.45. The number of rotatable bonds is 7. The number of hydrogen-bond acceptors (Lipinski definition) is 2. The van der Waals surface area contributed by atoms with Crippen molar-refractivity contribution in [3.8, 4) is 39.1 Å². The Kier molecular flexibility index (Phi) is 8.17. The summed E-state index contributed by atoms with van der Waals surface area (Å²) in [6.07, 6.45) is 0. The van der Waals surface area contributed by atoms with E-state index in [4.69, 9.17) is 4.42 Å². The molecule has 0 saturated heterocycles. The SMILES string of the molecule is c1ccc(-c2ccc(N(c3cccc(-c4cccc5oc6c7ccccc7ccc6c45)c3)c3ccccc3-c3cccc4c5ccccc5n(-c5ccccc5)c34)cc2)cc1. The highest BCUT2D eigenvalue weighted by Gasteiger charge is 2.23. The lowest BCUT2D eigenvalue weighted by Crippen LogP contribution is -2.11. The topological polar surface area (TPSA) is 21.3 Å². The molecular formula is C58H38N2O. The van der Waals surface area contributed by atoms with Crippen molar-refractivity contribution in [3.05, 3.63) is 231 Å². The van der Waals surface area contributed by atoms with E-state index < -0.39 is 0 Å². The Bertz CT molecular complexity index is 3580. The molecule has 0 saturated carbocycles. The first kappa shape index (κ1) is 34.9. The first-order chi connectivity index (χ1) is 30.3. The number of fused-ring (bicyclic) bond motifs is 8. The fourth-order valence-electron chi connectivity index (χ4n) is 9.45. The maximum Gasteiger partial charge on any atom is 0.143 e. The van der Waals surface area contributed by atoms with E-state index >= 15 is 0 Å². The van der Waals surface area contributed by atoms with Crippen molar-refractivity contribution in [3.63, 3.8) is 0 Å². The van der Waals surface area contributed by atoms with Crippen LogP contribution in [-0.4, -0.2) is 4.57 Å². The maximum absolute atomic E-state index is 6.64. The second-order valence-corrected chi connectivity index (χ2v) is 15.6. The van der Waals surface area contributed by atoms with Crippen LogP contribution in [0.3, 0.4) is 0 Å². The second-order valence-electron chi connectivity index (χ2n) is 15.6. The summed E-state index contributed by atoms with van der Waals surface area (Å²) in [5, 5.41) is 7.00. The van der Waals surface area contributed by atoms with Gasteiger partial charge in [-0.05, 0) is 88.3 Å². The monoisotopic (exact) mass is 778 g/mol. The molecule has 0 radical (unpaired) electrons. The third-order valence-electron chi connectivity index (χ3n) is 12.2. The molecule has 0 unspecified atom stereocenters. The highest BCUT2D eigenvalue weighted by atomic mass is 16.3. The van der Waals surface area contributed by atoms with Crippen LogP contribution in [-0.2, 0) is 0 Å². The molecule has 286 valence electrons. The van der Waals surface area contributed by atoms with Crippen molar-refractivity contribution in [1.82, 2.24) is 4.57 Å². The van der Waals surface area contributed by atoms with Crippen molar-refractivity contribution in [1.29, 1.82) is 0 Å². The van der Waals surface area contributed by atoms with Gasteiger partial charge in [-0.3, -0.25) is 0 Å². The van der Waals surface area contributed by atoms with E-state index in [1.165, 1.54) is 38.3 Å². The number of benzene rings is 10. The van der Waals surface area contributed by atoms with E-state index in [-0.39, 0.29) is 0 Å². The van der Waals surface area contributed by atoms with Gasteiger partial charge in [0.05, 0.1) is 16.7 Å². The van der Waals surface area contributed by atoms with Crippen molar-refractivity contribution >= 4 is 71.6 Å². The molecule has 0 amide bonds. The molecule has 3 heteroatoms. The van der Waals surface area contributed by atoms with Gasteiger partial charge in [0, 0.05) is 55.1 Å². The van der Waals surface area contributed by atoms with Gasteiger partial charge in [-0.15, -0.1) is 0 Å². The number of anilines is 3. The highest BCUT2D eigenvalue weighted by molar-refractivity contribution is 6.19. The molecule has 2 aromatic heterocycles. The lowest BCUT2D eigenvalue weighted by atomic mass is 9.96. The summed E-state index contributed by atoms with van der Waals surface area (Å²) >= 11 is 0. The first-order valence-corrected chi connectivity index (χ1v) is 20.8. The van der Waals surface area contributed by atoms with Crippen molar-refractivity contribution in [2.24, 2.45) is 0 Å². The van der Waals surface area contributed by atoms with Crippen LogP contribution in [0.25, 0.3) is 93.6 Å². The van der Waals surface area contributed by atoms with Crippen LogP contribution in [0.4, 0.5) is 17.1 Å². The molecule has 0 bridgehead atoms. The standard InChI is InChI=1S/C58H38N2O/c1-3-16-39(17-4-1)40-32-35-44(36-33-40)59(45-22-13-19-42(38-45)46-26-15-31-55-56(46)52-37-34-41-18-7-8-23-47(41)58(52)61-55)53-29-11-9-24-48(53)50-27-14-28-51-49-25-10-12-30-54(49)60(57(50)51)43-20-5-2-6-21-43/h1-38H. The molecule has 3 nitrogen and oxygen atoms in total. The molecule has 12 rings (SSSR count). The Hall–Kier alpha value is -8.14. The van der Waals surface area contributed by atoms with E-state index in [9.17, 15) is 0 Å². The molecule has 0 fully saturated rings. The minimum atomic E-state index is 0.884. The van der Waals surface area contributed by atoms with Crippen LogP contribution >= 0.6 is 0 Å². The number of para-hydroxylation sites is 4. The molecule has 0 spiro atoms. The van der Waals surface area contributed by atoms with Gasteiger partial charge in [0.25, 0.3) is 0 Å². The van der Waals surface area contributed by atoms with Crippen molar-refractivity contribution in [2.45, 2.75) is 0 Å². The number of aromatic nitrogens is 1. The first-order valence-electron chi connectivity index (χ1n) is 20.8. The molecule has 61 heavy (non-hydrogen) atoms. The van der Waals surface area contributed by atoms with E-state index in [0.717, 1.165) is 72.3 Å². The van der Waals surface area contributed by atoms with Crippen LogP contribution in [0.15, 0.2) is 235 Å². The van der Waals surface area contributed by atoms with Gasteiger partial charge >= 0.3 is 0 Å². The maximum atomic E-state index is 6.64. The lowest BCUT2D eigenvalue weighted by Gasteiger charge is -2.29. The van der Waals surface area contributed by atoms with Gasteiger partial charge in [0.2, 0.25) is 0 Å². The van der Waals surface area contributed by atoms with E-state index in [1.807, 2.05) is 0 Å². The lowest BCUT2D eigenvalue weighted by molar-refractivity contribution is 0.673. The smallest absolute Gasteiger partial charge is 0.143 e. The third-order valence-corrected chi connectivity index (χ3v) is 12.2. The van der Waals surface area contributed by atoms with E-state index in [1.54, 1.807) is 0 Å². The minimum Gasteiger partial charge on any atom is -0.455 e. The predicted octanol–water partition coefficient (Wildman–Crippen LogP) is 16.3. The van der Waals surface area contributed by atoms with Gasteiger partial charge in [-0.25, -0.2) is 0 Å². The van der Waals surface area contributed by atoms with Gasteiger partial charge < -0.3 is 13.9 Å². The van der Waals surface area contributed by atoms with Crippen LogP contribution in [0.1, 0.15) is 0 Å². The summed E-state index contributed by atoms with van der Waals surface area (Å²) in [5.74, 6) is 0. The molecule has 12 aromatic rings. The van der Waals surface area contributed by atoms with Crippen LogP contribution in [0.2, 0.25) is 0 Å². The minimum absolute atomic E-state index is 0.884. The quantitative estimate of drug-likeness (QED) is 0.161. The van der Waals surface area contributed by atoms with Gasteiger partial charge in [0.15, 0.2) is 0 Å². The Balaban J connectivity index is 1.09. The molecular weight excluding hydrogens is 741 g/mol. The summed E-state index contributed by atoms with van der Waals surface area (Å²) in [6.45, 7) is 0. The molecule has 10 aromatic carbocycles. The fraction of sp³-hybridized carbons (Fsp3) is 0. The number of hydrogen-bond donors (Lipinski definition) is 0. The largest absolute Gasteiger partial charge is 0.455 e. The van der Waals surface area contributed by atoms with Crippen molar-refractivity contribution < 1.29 is 4.42 Å². The van der Waals surface area contributed by atoms with Gasteiger partial charge in [0.1, 0.15) is 11.2 Å². The Labute approximate surface area is 353 Å². The molecule has 0 aliphatic heterocycles.